The summed E-state index contributed by atoms with van der Waals surface area (Å²) in [5, 5.41) is 0. The standard InChI is InChI=1S/C21H29N3O2/c1-17-3-4-20(26-17)15-24-11-7-21(8-12-24)13-19(16-25-21)23(2)14-18-5-9-22-10-6-18/h3-6,9-10,19H,7-8,11-16H2,1-2H3. The fourth-order valence-corrected chi connectivity index (χ4v) is 4.27. The minimum Gasteiger partial charge on any atom is -0.465 e. The molecule has 1 spiro atoms. The van der Waals surface area contributed by atoms with Gasteiger partial charge in [0.1, 0.15) is 11.5 Å². The number of hydrogen-bond acceptors (Lipinski definition) is 5. The molecule has 140 valence electrons. The molecule has 1 unspecified atom stereocenters. The second-order valence-electron chi connectivity index (χ2n) is 7.91. The molecule has 1 atom stereocenters. The van der Waals surface area contributed by atoms with Crippen LogP contribution in [0, 0.1) is 6.92 Å². The Bertz CT molecular complexity index is 707. The van der Waals surface area contributed by atoms with Crippen molar-refractivity contribution in [2.45, 2.75) is 50.9 Å². The Morgan fingerprint density at radius 1 is 1.19 bits per heavy atom. The van der Waals surface area contributed by atoms with Crippen LogP contribution in [0.4, 0.5) is 0 Å². The maximum absolute atomic E-state index is 6.35. The molecule has 0 N–H and O–H groups in total. The van der Waals surface area contributed by atoms with Gasteiger partial charge in [-0.3, -0.25) is 14.8 Å². The first kappa shape index (κ1) is 17.7. The number of rotatable bonds is 5. The van der Waals surface area contributed by atoms with Crippen molar-refractivity contribution >= 4 is 0 Å². The van der Waals surface area contributed by atoms with E-state index in [0.717, 1.165) is 63.6 Å². The van der Waals surface area contributed by atoms with Crippen LogP contribution in [0.25, 0.3) is 0 Å². The molecule has 5 nitrogen and oxygen atoms in total. The van der Waals surface area contributed by atoms with Crippen molar-refractivity contribution in [2.75, 3.05) is 26.7 Å². The summed E-state index contributed by atoms with van der Waals surface area (Å²) in [6.45, 7) is 6.88. The van der Waals surface area contributed by atoms with E-state index in [-0.39, 0.29) is 5.60 Å². The maximum Gasteiger partial charge on any atom is 0.118 e. The summed E-state index contributed by atoms with van der Waals surface area (Å²) >= 11 is 0. The molecule has 2 aromatic rings. The van der Waals surface area contributed by atoms with Gasteiger partial charge in [-0.25, -0.2) is 0 Å². The first-order valence-corrected chi connectivity index (χ1v) is 9.63. The minimum atomic E-state index is 0.0761. The lowest BCUT2D eigenvalue weighted by Crippen LogP contribution is -2.44. The number of pyridine rings is 1. The lowest BCUT2D eigenvalue weighted by atomic mass is 9.87. The Hall–Kier alpha value is -1.69. The molecule has 26 heavy (non-hydrogen) atoms. The number of likely N-dealkylation sites (tertiary alicyclic amines) is 1. The molecule has 2 aromatic heterocycles. The van der Waals surface area contributed by atoms with Crippen LogP contribution in [-0.4, -0.2) is 53.2 Å². The fourth-order valence-electron chi connectivity index (χ4n) is 4.27. The lowest BCUT2D eigenvalue weighted by Gasteiger charge is -2.38. The quantitative estimate of drug-likeness (QED) is 0.824. The summed E-state index contributed by atoms with van der Waals surface area (Å²) in [5.41, 5.74) is 1.39. The zero-order valence-corrected chi connectivity index (χ0v) is 15.9. The number of aryl methyl sites for hydroxylation is 1. The zero-order valence-electron chi connectivity index (χ0n) is 15.9. The summed E-state index contributed by atoms with van der Waals surface area (Å²) in [6, 6.07) is 8.83. The minimum absolute atomic E-state index is 0.0761. The Kier molecular flexibility index (Phi) is 5.11. The first-order chi connectivity index (χ1) is 12.6. The molecule has 0 aromatic carbocycles. The lowest BCUT2D eigenvalue weighted by molar-refractivity contribution is -0.0461. The number of ether oxygens (including phenoxy) is 1. The number of likely N-dealkylation sites (N-methyl/N-ethyl adjacent to an activating group) is 1. The van der Waals surface area contributed by atoms with Crippen LogP contribution in [0.1, 0.15) is 36.3 Å². The third-order valence-corrected chi connectivity index (χ3v) is 5.94. The molecule has 0 radical (unpaired) electrons. The maximum atomic E-state index is 6.35. The van der Waals surface area contributed by atoms with Crippen LogP contribution in [0.5, 0.6) is 0 Å². The molecular formula is C21H29N3O2. The number of piperidine rings is 1. The van der Waals surface area contributed by atoms with Crippen LogP contribution in [0.3, 0.4) is 0 Å². The molecular weight excluding hydrogens is 326 g/mol. The van der Waals surface area contributed by atoms with E-state index in [0.29, 0.717) is 6.04 Å². The number of nitrogens with zero attached hydrogens (tertiary/aromatic N) is 3. The van der Waals surface area contributed by atoms with E-state index >= 15 is 0 Å². The van der Waals surface area contributed by atoms with Crippen molar-refractivity contribution in [1.82, 2.24) is 14.8 Å². The SMILES string of the molecule is Cc1ccc(CN2CCC3(CC2)CC(N(C)Cc2ccncc2)CO3)o1. The van der Waals surface area contributed by atoms with Gasteiger partial charge < -0.3 is 9.15 Å². The first-order valence-electron chi connectivity index (χ1n) is 9.63. The van der Waals surface area contributed by atoms with Gasteiger partial charge >= 0.3 is 0 Å². The van der Waals surface area contributed by atoms with E-state index in [1.807, 2.05) is 25.4 Å². The van der Waals surface area contributed by atoms with Gasteiger partial charge in [0.2, 0.25) is 0 Å². The third-order valence-electron chi connectivity index (χ3n) is 5.94. The summed E-state index contributed by atoms with van der Waals surface area (Å²) in [6.07, 6.45) is 7.11. The zero-order chi connectivity index (χ0) is 18.0. The molecule has 2 saturated heterocycles. The van der Waals surface area contributed by atoms with Gasteiger partial charge in [0.05, 0.1) is 18.8 Å². The number of furan rings is 1. The third kappa shape index (κ3) is 4.00. The van der Waals surface area contributed by atoms with Gasteiger partial charge in [0.25, 0.3) is 0 Å². The highest BCUT2D eigenvalue weighted by Gasteiger charge is 2.43. The second-order valence-corrected chi connectivity index (χ2v) is 7.91. The summed E-state index contributed by atoms with van der Waals surface area (Å²) in [4.78, 5) is 9.02. The van der Waals surface area contributed by atoms with E-state index in [2.05, 4.69) is 40.0 Å². The van der Waals surface area contributed by atoms with E-state index in [1.165, 1.54) is 5.56 Å². The molecule has 5 heteroatoms. The summed E-state index contributed by atoms with van der Waals surface area (Å²) in [7, 11) is 2.21. The van der Waals surface area contributed by atoms with Gasteiger partial charge in [-0.1, -0.05) is 0 Å². The molecule has 0 bridgehead atoms. The number of aromatic nitrogens is 1. The summed E-state index contributed by atoms with van der Waals surface area (Å²) < 4.78 is 12.1. The Morgan fingerprint density at radius 2 is 1.96 bits per heavy atom. The summed E-state index contributed by atoms with van der Waals surface area (Å²) in [5.74, 6) is 2.06. The predicted molar refractivity (Wildman–Crippen MR) is 101 cm³/mol. The Balaban J connectivity index is 1.28. The van der Waals surface area contributed by atoms with E-state index in [4.69, 9.17) is 9.15 Å². The van der Waals surface area contributed by atoms with Crippen LogP contribution in [-0.2, 0) is 17.8 Å². The van der Waals surface area contributed by atoms with Crippen LogP contribution >= 0.6 is 0 Å². The Labute approximate surface area is 156 Å². The van der Waals surface area contributed by atoms with Gasteiger partial charge in [-0.2, -0.15) is 0 Å². The average Bonchev–Trinajstić information content (AvgIpc) is 3.25. The van der Waals surface area contributed by atoms with Crippen LogP contribution in [0.15, 0.2) is 41.1 Å². The molecule has 2 aliphatic rings. The highest BCUT2D eigenvalue weighted by atomic mass is 16.5. The monoisotopic (exact) mass is 355 g/mol. The predicted octanol–water partition coefficient (Wildman–Crippen LogP) is 3.24. The second kappa shape index (κ2) is 7.51. The van der Waals surface area contributed by atoms with Gasteiger partial charge in [0.15, 0.2) is 0 Å². The van der Waals surface area contributed by atoms with Crippen molar-refractivity contribution in [3.8, 4) is 0 Å². The molecule has 0 saturated carbocycles. The smallest absolute Gasteiger partial charge is 0.118 e. The van der Waals surface area contributed by atoms with Crippen molar-refractivity contribution in [3.05, 3.63) is 53.7 Å². The van der Waals surface area contributed by atoms with Crippen molar-refractivity contribution in [2.24, 2.45) is 0 Å². The number of hydrogen-bond donors (Lipinski definition) is 0. The van der Waals surface area contributed by atoms with Gasteiger partial charge in [-0.05, 0) is 63.1 Å². The van der Waals surface area contributed by atoms with Crippen molar-refractivity contribution in [3.63, 3.8) is 0 Å². The van der Waals surface area contributed by atoms with E-state index in [9.17, 15) is 0 Å². The van der Waals surface area contributed by atoms with E-state index < -0.39 is 0 Å². The van der Waals surface area contributed by atoms with Gasteiger partial charge in [0, 0.05) is 38.1 Å². The Morgan fingerprint density at radius 3 is 2.65 bits per heavy atom. The largest absolute Gasteiger partial charge is 0.465 e. The van der Waals surface area contributed by atoms with Crippen molar-refractivity contribution in [1.29, 1.82) is 0 Å². The average molecular weight is 355 g/mol. The van der Waals surface area contributed by atoms with E-state index in [1.54, 1.807) is 0 Å². The molecule has 4 rings (SSSR count). The van der Waals surface area contributed by atoms with Crippen LogP contribution < -0.4 is 0 Å². The molecule has 2 aliphatic heterocycles. The molecule has 2 fully saturated rings. The fraction of sp³-hybridized carbons (Fsp3) is 0.571. The normalized spacial score (nSPS) is 23.1. The van der Waals surface area contributed by atoms with Crippen LogP contribution in [0.2, 0.25) is 0 Å². The van der Waals surface area contributed by atoms with Crippen molar-refractivity contribution < 1.29 is 9.15 Å². The molecule has 0 amide bonds. The molecule has 0 aliphatic carbocycles. The highest BCUT2D eigenvalue weighted by molar-refractivity contribution is 5.10. The molecule has 4 heterocycles. The van der Waals surface area contributed by atoms with Gasteiger partial charge in [-0.15, -0.1) is 0 Å². The topological polar surface area (TPSA) is 41.7 Å². The highest BCUT2D eigenvalue weighted by Crippen LogP contribution is 2.38.